The first kappa shape index (κ1) is 16.1. The second-order valence-corrected chi connectivity index (χ2v) is 6.07. The van der Waals surface area contributed by atoms with E-state index in [1.807, 2.05) is 0 Å². The summed E-state index contributed by atoms with van der Waals surface area (Å²) in [6, 6.07) is 3.03. The molecular formula is C16H23F3N2. The minimum absolute atomic E-state index is 0.304. The lowest BCUT2D eigenvalue weighted by Crippen LogP contribution is -2.29. The molecule has 3 N–H and O–H groups in total. The fourth-order valence-electron chi connectivity index (χ4n) is 2.97. The Morgan fingerprint density at radius 1 is 1.10 bits per heavy atom. The molecule has 0 unspecified atom stereocenters. The summed E-state index contributed by atoms with van der Waals surface area (Å²) in [5.74, 6) is 0.562. The van der Waals surface area contributed by atoms with Gasteiger partial charge in [-0.2, -0.15) is 13.2 Å². The molecule has 5 heteroatoms. The van der Waals surface area contributed by atoms with Crippen LogP contribution in [0, 0.1) is 19.8 Å². The van der Waals surface area contributed by atoms with Gasteiger partial charge in [0.15, 0.2) is 0 Å². The van der Waals surface area contributed by atoms with Gasteiger partial charge >= 0.3 is 6.18 Å². The molecule has 1 aliphatic rings. The van der Waals surface area contributed by atoms with E-state index in [0.29, 0.717) is 23.1 Å². The van der Waals surface area contributed by atoms with Crippen LogP contribution in [0.4, 0.5) is 18.9 Å². The largest absolute Gasteiger partial charge is 0.416 e. The van der Waals surface area contributed by atoms with E-state index in [2.05, 4.69) is 5.32 Å². The lowest BCUT2D eigenvalue weighted by molar-refractivity contribution is -0.138. The van der Waals surface area contributed by atoms with E-state index >= 15 is 0 Å². The van der Waals surface area contributed by atoms with Crippen molar-refractivity contribution < 1.29 is 13.2 Å². The van der Waals surface area contributed by atoms with Gasteiger partial charge in [-0.15, -0.1) is 0 Å². The van der Waals surface area contributed by atoms with Crippen molar-refractivity contribution in [2.75, 3.05) is 11.9 Å². The molecule has 0 spiro atoms. The topological polar surface area (TPSA) is 38.0 Å². The number of alkyl halides is 3. The van der Waals surface area contributed by atoms with E-state index in [1.165, 1.54) is 13.0 Å². The summed E-state index contributed by atoms with van der Waals surface area (Å²) in [4.78, 5) is 0. The van der Waals surface area contributed by atoms with Gasteiger partial charge in [-0.05, 0) is 68.7 Å². The molecule has 2 nitrogen and oxygen atoms in total. The second kappa shape index (κ2) is 6.26. The van der Waals surface area contributed by atoms with E-state index < -0.39 is 11.7 Å². The highest BCUT2D eigenvalue weighted by Crippen LogP contribution is 2.35. The highest BCUT2D eigenvalue weighted by molar-refractivity contribution is 5.56. The van der Waals surface area contributed by atoms with Gasteiger partial charge < -0.3 is 11.1 Å². The van der Waals surface area contributed by atoms with Gasteiger partial charge in [0.05, 0.1) is 5.56 Å². The molecule has 0 radical (unpaired) electrons. The molecule has 0 bridgehead atoms. The highest BCUT2D eigenvalue weighted by atomic mass is 19.4. The number of hydrogen-bond acceptors (Lipinski definition) is 2. The molecule has 0 saturated heterocycles. The Bertz CT molecular complexity index is 489. The van der Waals surface area contributed by atoms with Crippen molar-refractivity contribution in [1.82, 2.24) is 0 Å². The maximum atomic E-state index is 12.8. The minimum Gasteiger partial charge on any atom is -0.385 e. The van der Waals surface area contributed by atoms with Crippen molar-refractivity contribution in [1.29, 1.82) is 0 Å². The molecule has 1 saturated carbocycles. The zero-order chi connectivity index (χ0) is 15.6. The SMILES string of the molecule is Cc1c(NC[C@H]2CC[C@H](N)CC2)ccc(C(F)(F)F)c1C. The van der Waals surface area contributed by atoms with Crippen LogP contribution >= 0.6 is 0 Å². The van der Waals surface area contributed by atoms with Gasteiger partial charge in [-0.3, -0.25) is 0 Å². The number of hydrogen-bond donors (Lipinski definition) is 2. The average Bonchev–Trinajstić information content (AvgIpc) is 2.41. The van der Waals surface area contributed by atoms with E-state index in [4.69, 9.17) is 5.73 Å². The van der Waals surface area contributed by atoms with Crippen molar-refractivity contribution in [2.24, 2.45) is 11.7 Å². The average molecular weight is 300 g/mol. The van der Waals surface area contributed by atoms with Crippen molar-refractivity contribution in [2.45, 2.75) is 51.7 Å². The van der Waals surface area contributed by atoms with Crippen LogP contribution in [0.3, 0.4) is 0 Å². The summed E-state index contributed by atoms with van der Waals surface area (Å²) < 4.78 is 38.5. The quantitative estimate of drug-likeness (QED) is 0.875. The van der Waals surface area contributed by atoms with Crippen LogP contribution in [0.15, 0.2) is 12.1 Å². The molecule has 2 rings (SSSR count). The van der Waals surface area contributed by atoms with Crippen molar-refractivity contribution in [3.63, 3.8) is 0 Å². The molecule has 21 heavy (non-hydrogen) atoms. The molecule has 0 amide bonds. The maximum Gasteiger partial charge on any atom is 0.416 e. The lowest BCUT2D eigenvalue weighted by Gasteiger charge is -2.27. The Balaban J connectivity index is 2.03. The second-order valence-electron chi connectivity index (χ2n) is 6.07. The number of benzene rings is 1. The predicted octanol–water partition coefficient (Wildman–Crippen LogP) is 4.25. The Labute approximate surface area is 123 Å². The molecule has 1 aromatic rings. The Morgan fingerprint density at radius 2 is 1.71 bits per heavy atom. The molecule has 1 aromatic carbocycles. The maximum absolute atomic E-state index is 12.8. The molecule has 0 aliphatic heterocycles. The highest BCUT2D eigenvalue weighted by Gasteiger charge is 2.33. The van der Waals surface area contributed by atoms with Gasteiger partial charge in [-0.1, -0.05) is 0 Å². The molecule has 0 atom stereocenters. The standard InChI is InChI=1S/C16H23F3N2/c1-10-11(2)15(8-7-14(10)16(17,18)19)21-9-12-3-5-13(20)6-4-12/h7-8,12-13,21H,3-6,9,20H2,1-2H3/t12-,13-. The molecule has 1 fully saturated rings. The number of anilines is 1. The summed E-state index contributed by atoms with van der Waals surface area (Å²) in [5.41, 5.74) is 7.11. The van der Waals surface area contributed by atoms with E-state index in [1.54, 1.807) is 13.0 Å². The number of halogens is 3. The first-order chi connectivity index (χ1) is 9.79. The van der Waals surface area contributed by atoms with Gasteiger partial charge in [0.2, 0.25) is 0 Å². The van der Waals surface area contributed by atoms with Crippen LogP contribution in [0.1, 0.15) is 42.4 Å². The van der Waals surface area contributed by atoms with Crippen LogP contribution in [-0.4, -0.2) is 12.6 Å². The summed E-state index contributed by atoms with van der Waals surface area (Å²) in [6.07, 6.45) is -0.0265. The number of rotatable bonds is 3. The van der Waals surface area contributed by atoms with Crippen molar-refractivity contribution in [3.05, 3.63) is 28.8 Å². The van der Waals surface area contributed by atoms with Crippen molar-refractivity contribution >= 4 is 5.69 Å². The van der Waals surface area contributed by atoms with E-state index in [0.717, 1.165) is 37.9 Å². The van der Waals surface area contributed by atoms with Crippen LogP contribution in [0.2, 0.25) is 0 Å². The third kappa shape index (κ3) is 3.90. The normalized spacial score (nSPS) is 23.1. The number of nitrogens with one attached hydrogen (secondary N) is 1. The zero-order valence-electron chi connectivity index (χ0n) is 12.6. The van der Waals surface area contributed by atoms with Gasteiger partial charge in [0, 0.05) is 18.3 Å². The van der Waals surface area contributed by atoms with E-state index in [9.17, 15) is 13.2 Å². The van der Waals surface area contributed by atoms with Crippen LogP contribution in [-0.2, 0) is 6.18 Å². The summed E-state index contributed by atoms with van der Waals surface area (Å²) >= 11 is 0. The summed E-state index contributed by atoms with van der Waals surface area (Å²) in [7, 11) is 0. The van der Waals surface area contributed by atoms with Gasteiger partial charge in [0.25, 0.3) is 0 Å². The van der Waals surface area contributed by atoms with Gasteiger partial charge in [-0.25, -0.2) is 0 Å². The molecule has 118 valence electrons. The van der Waals surface area contributed by atoms with Crippen LogP contribution in [0.5, 0.6) is 0 Å². The Kier molecular flexibility index (Phi) is 4.81. The van der Waals surface area contributed by atoms with E-state index in [-0.39, 0.29) is 0 Å². The number of nitrogens with two attached hydrogens (primary N) is 1. The predicted molar refractivity (Wildman–Crippen MR) is 79.3 cm³/mol. The Hall–Kier alpha value is -1.23. The molecule has 0 aromatic heterocycles. The minimum atomic E-state index is -4.28. The lowest BCUT2D eigenvalue weighted by atomic mass is 9.86. The summed E-state index contributed by atoms with van der Waals surface area (Å²) in [6.45, 7) is 4.07. The molecule has 0 heterocycles. The van der Waals surface area contributed by atoms with Crippen LogP contribution < -0.4 is 11.1 Å². The first-order valence-corrected chi connectivity index (χ1v) is 7.46. The monoisotopic (exact) mass is 300 g/mol. The fourth-order valence-corrected chi connectivity index (χ4v) is 2.97. The Morgan fingerprint density at radius 3 is 2.29 bits per heavy atom. The fraction of sp³-hybridized carbons (Fsp3) is 0.625. The van der Waals surface area contributed by atoms with Crippen molar-refractivity contribution in [3.8, 4) is 0 Å². The smallest absolute Gasteiger partial charge is 0.385 e. The summed E-state index contributed by atoms with van der Waals surface area (Å²) in [5, 5.41) is 3.31. The third-order valence-electron chi connectivity index (χ3n) is 4.57. The third-order valence-corrected chi connectivity index (χ3v) is 4.57. The van der Waals surface area contributed by atoms with Crippen LogP contribution in [0.25, 0.3) is 0 Å². The zero-order valence-corrected chi connectivity index (χ0v) is 12.6. The molecule has 1 aliphatic carbocycles. The van der Waals surface area contributed by atoms with Gasteiger partial charge in [0.1, 0.15) is 0 Å². The molecular weight excluding hydrogens is 277 g/mol. The first-order valence-electron chi connectivity index (χ1n) is 7.46.